The van der Waals surface area contributed by atoms with Crippen molar-refractivity contribution in [1.29, 1.82) is 0 Å². The molecule has 1 saturated heterocycles. The lowest BCUT2D eigenvalue weighted by Crippen LogP contribution is -2.45. The summed E-state index contributed by atoms with van der Waals surface area (Å²) < 4.78 is 5.70. The Morgan fingerprint density at radius 2 is 2.10 bits per heavy atom. The Morgan fingerprint density at radius 1 is 1.33 bits per heavy atom. The molecule has 0 saturated carbocycles. The third kappa shape index (κ3) is 2.85. The van der Waals surface area contributed by atoms with Gasteiger partial charge in [0.2, 0.25) is 0 Å². The molecule has 3 rings (SSSR count). The molecule has 5 nitrogen and oxygen atoms in total. The number of furan rings is 1. The second kappa shape index (κ2) is 6.20. The molecule has 1 aliphatic carbocycles. The van der Waals surface area contributed by atoms with E-state index in [1.165, 1.54) is 0 Å². The number of piperidine rings is 1. The minimum Gasteiger partial charge on any atom is -0.455 e. The Kier molecular flexibility index (Phi) is 4.74. The van der Waals surface area contributed by atoms with Gasteiger partial charge in [0.05, 0.1) is 5.56 Å². The third-order valence-electron chi connectivity index (χ3n) is 4.25. The van der Waals surface area contributed by atoms with E-state index < -0.39 is 0 Å². The first kappa shape index (κ1) is 16.0. The molecular formula is C15H21ClN2O3. The van der Waals surface area contributed by atoms with Gasteiger partial charge in [0.1, 0.15) is 5.76 Å². The summed E-state index contributed by atoms with van der Waals surface area (Å²) >= 11 is 0. The molecule has 0 spiro atoms. The first-order valence-corrected chi connectivity index (χ1v) is 7.28. The number of likely N-dealkylation sites (tertiary alicyclic amines) is 1. The largest absolute Gasteiger partial charge is 0.455 e. The van der Waals surface area contributed by atoms with Gasteiger partial charge < -0.3 is 15.1 Å². The maximum Gasteiger partial charge on any atom is 0.289 e. The molecular weight excluding hydrogens is 292 g/mol. The minimum absolute atomic E-state index is 0. The highest BCUT2D eigenvalue weighted by Crippen LogP contribution is 2.30. The zero-order chi connectivity index (χ0) is 14.3. The number of Topliss-reactive ketones (excluding diaryl/α,β-unsaturated/α-hetero) is 1. The van der Waals surface area contributed by atoms with Gasteiger partial charge >= 0.3 is 0 Å². The first-order valence-electron chi connectivity index (χ1n) is 7.28. The molecule has 1 amide bonds. The van der Waals surface area contributed by atoms with Crippen molar-refractivity contribution in [2.24, 2.45) is 5.73 Å². The number of ketones is 1. The van der Waals surface area contributed by atoms with Crippen LogP contribution in [0.5, 0.6) is 0 Å². The smallest absolute Gasteiger partial charge is 0.289 e. The predicted octanol–water partition coefficient (Wildman–Crippen LogP) is 2.09. The molecule has 21 heavy (non-hydrogen) atoms. The maximum atomic E-state index is 12.6. The van der Waals surface area contributed by atoms with Crippen LogP contribution in [-0.2, 0) is 6.42 Å². The number of carbonyl (C=O) groups is 2. The van der Waals surface area contributed by atoms with Gasteiger partial charge in [-0.1, -0.05) is 0 Å². The number of fused-ring (bicyclic) bond motifs is 1. The lowest BCUT2D eigenvalue weighted by atomic mass is 9.94. The fraction of sp³-hybridized carbons (Fsp3) is 0.600. The van der Waals surface area contributed by atoms with Crippen molar-refractivity contribution in [2.45, 2.75) is 45.1 Å². The average Bonchev–Trinajstić information content (AvgIpc) is 2.76. The fourth-order valence-electron chi connectivity index (χ4n) is 3.19. The molecule has 116 valence electrons. The topological polar surface area (TPSA) is 76.5 Å². The van der Waals surface area contributed by atoms with Gasteiger partial charge in [-0.05, 0) is 26.2 Å². The molecule has 1 unspecified atom stereocenters. The van der Waals surface area contributed by atoms with Crippen molar-refractivity contribution < 1.29 is 14.0 Å². The Morgan fingerprint density at radius 3 is 2.76 bits per heavy atom. The number of amides is 1. The van der Waals surface area contributed by atoms with E-state index in [0.717, 1.165) is 25.7 Å². The van der Waals surface area contributed by atoms with Crippen molar-refractivity contribution in [3.63, 3.8) is 0 Å². The van der Waals surface area contributed by atoms with Crippen molar-refractivity contribution in [2.75, 3.05) is 13.1 Å². The van der Waals surface area contributed by atoms with Crippen LogP contribution < -0.4 is 5.73 Å². The Hall–Kier alpha value is -1.33. The standard InChI is InChI=1S/C15H20N2O3.ClH/c1-9-13-11(18)5-2-6-12(13)20-14(9)15(19)17-7-3-4-10(16)8-17;/h10H,2-8,16H2,1H3;1H. The number of halogens is 1. The van der Waals surface area contributed by atoms with Crippen LogP contribution in [0.25, 0.3) is 0 Å². The third-order valence-corrected chi connectivity index (χ3v) is 4.25. The summed E-state index contributed by atoms with van der Waals surface area (Å²) in [5.41, 5.74) is 7.26. The molecule has 1 aromatic heterocycles. The number of hydrogen-bond acceptors (Lipinski definition) is 4. The Labute approximate surface area is 130 Å². The van der Waals surface area contributed by atoms with E-state index in [9.17, 15) is 9.59 Å². The van der Waals surface area contributed by atoms with Gasteiger partial charge in [-0.25, -0.2) is 0 Å². The molecule has 0 aromatic carbocycles. The molecule has 0 bridgehead atoms. The Bertz CT molecular complexity index is 568. The summed E-state index contributed by atoms with van der Waals surface area (Å²) in [6.07, 6.45) is 3.98. The highest BCUT2D eigenvalue weighted by molar-refractivity contribution is 6.03. The summed E-state index contributed by atoms with van der Waals surface area (Å²) in [6, 6.07) is 0.0409. The molecule has 1 atom stereocenters. The SMILES string of the molecule is Cc1c(C(=O)N2CCCC(N)C2)oc2c1C(=O)CCC2.Cl. The van der Waals surface area contributed by atoms with Crippen molar-refractivity contribution >= 4 is 24.1 Å². The fourth-order valence-corrected chi connectivity index (χ4v) is 3.19. The lowest BCUT2D eigenvalue weighted by molar-refractivity contribution is 0.0673. The summed E-state index contributed by atoms with van der Waals surface area (Å²) in [5.74, 6) is 0.990. The van der Waals surface area contributed by atoms with E-state index in [4.69, 9.17) is 10.2 Å². The number of nitrogens with two attached hydrogens (primary N) is 1. The zero-order valence-corrected chi connectivity index (χ0v) is 13.0. The number of aryl methyl sites for hydroxylation is 1. The van der Waals surface area contributed by atoms with Gasteiger partial charge in [-0.3, -0.25) is 9.59 Å². The molecule has 2 N–H and O–H groups in total. The van der Waals surface area contributed by atoms with Crippen LogP contribution in [0.3, 0.4) is 0 Å². The highest BCUT2D eigenvalue weighted by Gasteiger charge is 2.32. The second-order valence-corrected chi connectivity index (χ2v) is 5.78. The molecule has 1 fully saturated rings. The summed E-state index contributed by atoms with van der Waals surface area (Å²) in [5, 5.41) is 0. The molecule has 6 heteroatoms. The maximum absolute atomic E-state index is 12.6. The second-order valence-electron chi connectivity index (χ2n) is 5.78. The normalized spacial score (nSPS) is 21.7. The summed E-state index contributed by atoms with van der Waals surface area (Å²) in [7, 11) is 0. The predicted molar refractivity (Wildman–Crippen MR) is 81.1 cm³/mol. The summed E-state index contributed by atoms with van der Waals surface area (Å²) in [6.45, 7) is 3.09. The van der Waals surface area contributed by atoms with Gasteiger partial charge in [-0.15, -0.1) is 12.4 Å². The average molecular weight is 313 g/mol. The van der Waals surface area contributed by atoms with Gasteiger partial charge in [0.15, 0.2) is 11.5 Å². The quantitative estimate of drug-likeness (QED) is 0.861. The van der Waals surface area contributed by atoms with Crippen LogP contribution in [0, 0.1) is 6.92 Å². The van der Waals surface area contributed by atoms with Gasteiger partial charge in [0, 0.05) is 37.5 Å². The molecule has 2 heterocycles. The van der Waals surface area contributed by atoms with E-state index in [-0.39, 0.29) is 30.1 Å². The molecule has 0 radical (unpaired) electrons. The van der Waals surface area contributed by atoms with Crippen molar-refractivity contribution in [3.8, 4) is 0 Å². The number of nitrogens with zero attached hydrogens (tertiary/aromatic N) is 1. The van der Waals surface area contributed by atoms with Crippen LogP contribution in [0.1, 0.15) is 57.9 Å². The number of rotatable bonds is 1. The van der Waals surface area contributed by atoms with E-state index in [2.05, 4.69) is 0 Å². The van der Waals surface area contributed by atoms with Gasteiger partial charge in [0.25, 0.3) is 5.91 Å². The van der Waals surface area contributed by atoms with E-state index in [1.54, 1.807) is 4.90 Å². The van der Waals surface area contributed by atoms with Gasteiger partial charge in [-0.2, -0.15) is 0 Å². The van der Waals surface area contributed by atoms with E-state index >= 15 is 0 Å². The van der Waals surface area contributed by atoms with Crippen LogP contribution in [0.4, 0.5) is 0 Å². The van der Waals surface area contributed by atoms with E-state index in [0.29, 0.717) is 42.2 Å². The zero-order valence-electron chi connectivity index (χ0n) is 12.2. The van der Waals surface area contributed by atoms with Crippen molar-refractivity contribution in [1.82, 2.24) is 4.90 Å². The summed E-state index contributed by atoms with van der Waals surface area (Å²) in [4.78, 5) is 26.3. The van der Waals surface area contributed by atoms with Crippen LogP contribution >= 0.6 is 12.4 Å². The lowest BCUT2D eigenvalue weighted by Gasteiger charge is -2.30. The van der Waals surface area contributed by atoms with E-state index in [1.807, 2.05) is 6.92 Å². The highest BCUT2D eigenvalue weighted by atomic mass is 35.5. The number of carbonyl (C=O) groups excluding carboxylic acids is 2. The minimum atomic E-state index is -0.125. The monoisotopic (exact) mass is 312 g/mol. The number of hydrogen-bond donors (Lipinski definition) is 1. The van der Waals surface area contributed by atoms with Crippen LogP contribution in [-0.4, -0.2) is 35.7 Å². The van der Waals surface area contributed by atoms with Crippen molar-refractivity contribution in [3.05, 3.63) is 22.6 Å². The van der Waals surface area contributed by atoms with Crippen LogP contribution in [0.2, 0.25) is 0 Å². The molecule has 1 aromatic rings. The van der Waals surface area contributed by atoms with Crippen LogP contribution in [0.15, 0.2) is 4.42 Å². The molecule has 1 aliphatic heterocycles. The molecule has 2 aliphatic rings. The first-order chi connectivity index (χ1) is 9.58. The Balaban J connectivity index is 0.00000161.